The van der Waals surface area contributed by atoms with Crippen molar-refractivity contribution in [2.75, 3.05) is 5.73 Å². The Morgan fingerprint density at radius 2 is 1.88 bits per heavy atom. The van der Waals surface area contributed by atoms with E-state index in [0.29, 0.717) is 26.4 Å². The van der Waals surface area contributed by atoms with Crippen molar-refractivity contribution >= 4 is 38.6 Å². The van der Waals surface area contributed by atoms with Gasteiger partial charge in [0.1, 0.15) is 16.2 Å². The number of anilines is 1. The Kier molecular flexibility index (Phi) is 4.59. The molecule has 3 N–H and O–H groups in total. The monoisotopic (exact) mass is 382 g/mol. The van der Waals surface area contributed by atoms with Crippen molar-refractivity contribution < 1.29 is 4.74 Å². The van der Waals surface area contributed by atoms with Crippen molar-refractivity contribution in [3.8, 4) is 11.5 Å². The normalized spacial score (nSPS) is 10.9. The zero-order valence-electron chi connectivity index (χ0n) is 13.5. The summed E-state index contributed by atoms with van der Waals surface area (Å²) in [6.07, 6.45) is 0. The molecule has 26 heavy (non-hydrogen) atoms. The number of hydrogen-bond acceptors (Lipinski definition) is 7. The lowest BCUT2D eigenvalue weighted by atomic mass is 10.2. The van der Waals surface area contributed by atoms with Crippen LogP contribution in [0.5, 0.6) is 11.5 Å². The Labute approximate surface area is 157 Å². The highest BCUT2D eigenvalue weighted by molar-refractivity contribution is 7.98. The molecule has 4 rings (SSSR count). The summed E-state index contributed by atoms with van der Waals surface area (Å²) in [5, 5.41) is 0.866. The standard InChI is InChI=1S/C18H14N4O2S2/c19-17-20-15-14(26-17)16(23)22-18(21-15)25-10-11-5-4-8-13(9-11)24-12-6-2-1-3-7-12/h1-9H,10H2,(H3,19,20,21,22,23). The minimum atomic E-state index is -0.309. The van der Waals surface area contributed by atoms with Gasteiger partial charge in [-0.1, -0.05) is 53.4 Å². The number of aromatic amines is 1. The highest BCUT2D eigenvalue weighted by Gasteiger charge is 2.09. The van der Waals surface area contributed by atoms with E-state index in [9.17, 15) is 4.79 Å². The van der Waals surface area contributed by atoms with Crippen LogP contribution in [0.2, 0.25) is 0 Å². The second kappa shape index (κ2) is 7.19. The number of hydrogen-bond donors (Lipinski definition) is 2. The molecule has 0 aliphatic rings. The molecule has 4 aromatic rings. The number of nitrogens with one attached hydrogen (secondary N) is 1. The summed E-state index contributed by atoms with van der Waals surface area (Å²) in [7, 11) is 0. The van der Waals surface area contributed by atoms with Gasteiger partial charge in [0.2, 0.25) is 0 Å². The molecule has 0 saturated carbocycles. The van der Waals surface area contributed by atoms with Crippen molar-refractivity contribution in [2.24, 2.45) is 0 Å². The summed E-state index contributed by atoms with van der Waals surface area (Å²) in [5.74, 6) is 2.19. The number of rotatable bonds is 5. The van der Waals surface area contributed by atoms with Gasteiger partial charge in [-0.25, -0.2) is 4.98 Å². The maximum atomic E-state index is 12.0. The molecule has 2 aromatic heterocycles. The topological polar surface area (TPSA) is 93.9 Å². The molecule has 0 aliphatic heterocycles. The number of nitrogens with zero attached hydrogens (tertiary/aromatic N) is 2. The van der Waals surface area contributed by atoms with E-state index in [4.69, 9.17) is 10.5 Å². The Hall–Kier alpha value is -2.84. The minimum Gasteiger partial charge on any atom is -0.457 e. The number of para-hydroxylation sites is 1. The Morgan fingerprint density at radius 1 is 1.08 bits per heavy atom. The predicted octanol–water partition coefficient (Wildman–Crippen LogP) is 4.05. The molecule has 0 aliphatic carbocycles. The van der Waals surface area contributed by atoms with Gasteiger partial charge in [0.05, 0.1) is 0 Å². The van der Waals surface area contributed by atoms with Crippen LogP contribution >= 0.6 is 23.1 Å². The molecule has 8 heteroatoms. The number of H-pyrrole nitrogens is 1. The maximum Gasteiger partial charge on any atom is 0.293 e. The third kappa shape index (κ3) is 3.71. The number of ether oxygens (including phenoxy) is 1. The molecular formula is C18H14N4O2S2. The van der Waals surface area contributed by atoms with Crippen LogP contribution in [0.3, 0.4) is 0 Å². The van der Waals surface area contributed by atoms with Crippen LogP contribution in [0.15, 0.2) is 64.5 Å². The average molecular weight is 382 g/mol. The van der Waals surface area contributed by atoms with Gasteiger partial charge in [-0.2, -0.15) is 4.98 Å². The number of fused-ring (bicyclic) bond motifs is 1. The number of nitrogens with two attached hydrogens (primary N) is 1. The lowest BCUT2D eigenvalue weighted by Gasteiger charge is -2.07. The number of nitrogen functional groups attached to an aromatic ring is 1. The van der Waals surface area contributed by atoms with E-state index < -0.39 is 0 Å². The Balaban J connectivity index is 1.49. The van der Waals surface area contributed by atoms with Gasteiger partial charge in [0.25, 0.3) is 5.56 Å². The molecule has 2 aromatic carbocycles. The Morgan fingerprint density at radius 3 is 2.73 bits per heavy atom. The van der Waals surface area contributed by atoms with Crippen LogP contribution in [-0.4, -0.2) is 15.0 Å². The summed E-state index contributed by atoms with van der Waals surface area (Å²) < 4.78 is 6.29. The van der Waals surface area contributed by atoms with Gasteiger partial charge >= 0.3 is 0 Å². The van der Waals surface area contributed by atoms with Crippen LogP contribution in [0, 0.1) is 0 Å². The molecule has 2 heterocycles. The van der Waals surface area contributed by atoms with Crippen LogP contribution in [-0.2, 0) is 5.75 Å². The van der Waals surface area contributed by atoms with Crippen LogP contribution in [0.4, 0.5) is 5.13 Å². The van der Waals surface area contributed by atoms with Crippen LogP contribution < -0.4 is 16.0 Å². The molecular weight excluding hydrogens is 368 g/mol. The summed E-state index contributed by atoms with van der Waals surface area (Å²) >= 11 is 2.57. The van der Waals surface area contributed by atoms with E-state index in [1.54, 1.807) is 0 Å². The zero-order chi connectivity index (χ0) is 17.9. The molecule has 0 atom stereocenters. The van der Waals surface area contributed by atoms with Gasteiger partial charge in [0.15, 0.2) is 15.9 Å². The van der Waals surface area contributed by atoms with Gasteiger partial charge in [0, 0.05) is 5.75 Å². The van der Waals surface area contributed by atoms with Crippen molar-refractivity contribution in [3.05, 3.63) is 70.5 Å². The lowest BCUT2D eigenvalue weighted by Crippen LogP contribution is -2.07. The van der Waals surface area contributed by atoms with Crippen molar-refractivity contribution in [2.45, 2.75) is 10.9 Å². The molecule has 130 valence electrons. The minimum absolute atomic E-state index is 0.309. The van der Waals surface area contributed by atoms with E-state index in [-0.39, 0.29) is 5.56 Å². The molecule has 6 nitrogen and oxygen atoms in total. The molecule has 0 unspecified atom stereocenters. The fraction of sp³-hybridized carbons (Fsp3) is 0.0556. The highest BCUT2D eigenvalue weighted by atomic mass is 32.2. The molecule has 0 radical (unpaired) electrons. The smallest absolute Gasteiger partial charge is 0.293 e. The van der Waals surface area contributed by atoms with E-state index >= 15 is 0 Å². The van der Waals surface area contributed by atoms with E-state index in [0.717, 1.165) is 28.4 Å². The van der Waals surface area contributed by atoms with Gasteiger partial charge in [-0.3, -0.25) is 4.79 Å². The quantitative estimate of drug-likeness (QED) is 0.399. The molecule has 0 fully saturated rings. The van der Waals surface area contributed by atoms with Crippen molar-refractivity contribution in [1.82, 2.24) is 15.0 Å². The van der Waals surface area contributed by atoms with Gasteiger partial charge in [-0.05, 0) is 29.8 Å². The van der Waals surface area contributed by atoms with E-state index in [1.807, 2.05) is 54.6 Å². The summed E-state index contributed by atoms with van der Waals surface area (Å²) in [4.78, 5) is 23.3. The second-order valence-electron chi connectivity index (χ2n) is 5.43. The molecule has 0 saturated heterocycles. The SMILES string of the molecule is Nc1nc2[nH]c(SCc3cccc(Oc4ccccc4)c3)nc(=O)c2s1. The van der Waals surface area contributed by atoms with Crippen molar-refractivity contribution in [3.63, 3.8) is 0 Å². The van der Waals surface area contributed by atoms with E-state index in [2.05, 4.69) is 15.0 Å². The van der Waals surface area contributed by atoms with Gasteiger partial charge < -0.3 is 15.5 Å². The number of thiazole rings is 1. The number of aromatic nitrogens is 3. The summed E-state index contributed by atoms with van der Waals surface area (Å²) in [5.41, 5.74) is 6.89. The second-order valence-corrected chi connectivity index (χ2v) is 7.42. The number of thioether (sulfide) groups is 1. The third-order valence-electron chi connectivity index (χ3n) is 3.52. The molecule has 0 spiro atoms. The first kappa shape index (κ1) is 16.6. The van der Waals surface area contributed by atoms with Gasteiger partial charge in [-0.15, -0.1) is 0 Å². The predicted molar refractivity (Wildman–Crippen MR) is 105 cm³/mol. The van der Waals surface area contributed by atoms with Crippen molar-refractivity contribution in [1.29, 1.82) is 0 Å². The average Bonchev–Trinajstić information content (AvgIpc) is 3.02. The van der Waals surface area contributed by atoms with Crippen LogP contribution in [0.1, 0.15) is 5.56 Å². The fourth-order valence-electron chi connectivity index (χ4n) is 2.38. The Bertz CT molecular complexity index is 1110. The highest BCUT2D eigenvalue weighted by Crippen LogP contribution is 2.26. The maximum absolute atomic E-state index is 12.0. The lowest BCUT2D eigenvalue weighted by molar-refractivity contribution is 0.482. The number of benzene rings is 2. The van der Waals surface area contributed by atoms with E-state index in [1.165, 1.54) is 11.8 Å². The molecule has 0 bridgehead atoms. The largest absolute Gasteiger partial charge is 0.457 e. The first-order chi connectivity index (χ1) is 12.7. The van der Waals surface area contributed by atoms with Crippen LogP contribution in [0.25, 0.3) is 10.3 Å². The zero-order valence-corrected chi connectivity index (χ0v) is 15.1. The first-order valence-electron chi connectivity index (χ1n) is 7.78. The third-order valence-corrected chi connectivity index (χ3v) is 5.34. The summed E-state index contributed by atoms with van der Waals surface area (Å²) in [6, 6.07) is 17.4. The molecule has 0 amide bonds. The summed E-state index contributed by atoms with van der Waals surface area (Å²) in [6.45, 7) is 0. The fourth-order valence-corrected chi connectivity index (χ4v) is 3.85. The first-order valence-corrected chi connectivity index (χ1v) is 9.58.